The van der Waals surface area contributed by atoms with Crippen LogP contribution < -0.4 is 0 Å². The Kier molecular flexibility index (Phi) is 2.88. The molecule has 0 amide bonds. The van der Waals surface area contributed by atoms with Gasteiger partial charge in [0.25, 0.3) is 0 Å². The van der Waals surface area contributed by atoms with Gasteiger partial charge in [0, 0.05) is 11.8 Å². The summed E-state index contributed by atoms with van der Waals surface area (Å²) in [7, 11) is 0. The van der Waals surface area contributed by atoms with Crippen LogP contribution in [0.25, 0.3) is 5.69 Å². The smallest absolute Gasteiger partial charge is 0.356 e. The molecule has 0 bridgehead atoms. The molecule has 2 heterocycles. The van der Waals surface area contributed by atoms with Crippen LogP contribution in [0.3, 0.4) is 0 Å². The molecule has 2 aromatic rings. The average molecular weight is 249 g/mol. The maximum Gasteiger partial charge on any atom is 0.356 e. The predicted octanol–water partition coefficient (Wildman–Crippen LogP) is 1.23. The molecule has 2 aromatic heterocycles. The number of aldehydes is 1. The Morgan fingerprint density at radius 1 is 1.50 bits per heavy atom. The van der Waals surface area contributed by atoms with Crippen LogP contribution in [-0.2, 0) is 0 Å². The first-order valence-electron chi connectivity index (χ1n) is 4.93. The molecule has 6 nitrogen and oxygen atoms in total. The maximum atomic E-state index is 13.4. The molecule has 0 radical (unpaired) electrons. The fourth-order valence-corrected chi connectivity index (χ4v) is 1.53. The zero-order chi connectivity index (χ0) is 13.3. The van der Waals surface area contributed by atoms with Gasteiger partial charge in [0.05, 0.1) is 23.6 Å². The van der Waals surface area contributed by atoms with Crippen molar-refractivity contribution in [3.63, 3.8) is 0 Å². The summed E-state index contributed by atoms with van der Waals surface area (Å²) in [4.78, 5) is 25.3. The highest BCUT2D eigenvalue weighted by Crippen LogP contribution is 2.16. The van der Waals surface area contributed by atoms with Crippen molar-refractivity contribution < 1.29 is 19.1 Å². The first-order chi connectivity index (χ1) is 8.54. The Morgan fingerprint density at radius 3 is 2.78 bits per heavy atom. The molecule has 2 rings (SSSR count). The number of carbonyl (C=O) groups is 2. The lowest BCUT2D eigenvalue weighted by Crippen LogP contribution is -2.05. The van der Waals surface area contributed by atoms with E-state index in [1.807, 2.05) is 0 Å². The van der Waals surface area contributed by atoms with E-state index in [9.17, 15) is 14.0 Å². The minimum absolute atomic E-state index is 0.0978. The molecular weight excluding hydrogens is 241 g/mol. The van der Waals surface area contributed by atoms with Gasteiger partial charge in [-0.3, -0.25) is 9.78 Å². The summed E-state index contributed by atoms with van der Waals surface area (Å²) in [6.45, 7) is 1.56. The Hall–Kier alpha value is -2.57. The number of aromatic nitrogens is 3. The van der Waals surface area contributed by atoms with Crippen LogP contribution in [0.15, 0.2) is 18.6 Å². The van der Waals surface area contributed by atoms with Crippen molar-refractivity contribution in [2.75, 3.05) is 0 Å². The molecule has 18 heavy (non-hydrogen) atoms. The number of halogens is 1. The number of aryl methyl sites for hydroxylation is 1. The molecule has 0 unspecified atom stereocenters. The molecule has 0 aliphatic heterocycles. The topological polar surface area (TPSA) is 85.1 Å². The summed E-state index contributed by atoms with van der Waals surface area (Å²) in [5, 5.41) is 12.7. The molecule has 0 atom stereocenters. The van der Waals surface area contributed by atoms with Crippen LogP contribution in [-0.4, -0.2) is 32.1 Å². The number of aromatic carboxylic acids is 1. The lowest BCUT2D eigenvalue weighted by atomic mass is 10.2. The van der Waals surface area contributed by atoms with Gasteiger partial charge in [0.2, 0.25) is 0 Å². The van der Waals surface area contributed by atoms with Crippen molar-refractivity contribution in [2.45, 2.75) is 6.92 Å². The third-order valence-corrected chi connectivity index (χ3v) is 2.38. The van der Waals surface area contributed by atoms with Gasteiger partial charge in [-0.05, 0) is 6.92 Å². The van der Waals surface area contributed by atoms with Gasteiger partial charge in [0.15, 0.2) is 17.8 Å². The number of rotatable bonds is 3. The van der Waals surface area contributed by atoms with E-state index in [1.165, 1.54) is 12.4 Å². The summed E-state index contributed by atoms with van der Waals surface area (Å²) in [6.07, 6.45) is 3.88. The summed E-state index contributed by atoms with van der Waals surface area (Å²) in [5.41, 5.74) is 0.129. The van der Waals surface area contributed by atoms with E-state index in [0.717, 1.165) is 10.9 Å². The summed E-state index contributed by atoms with van der Waals surface area (Å²) in [5.74, 6) is -1.98. The Balaban J connectivity index is 2.62. The van der Waals surface area contributed by atoms with E-state index >= 15 is 0 Å². The number of carboxylic acid groups (broad SMARTS) is 1. The molecule has 0 aliphatic carbocycles. The molecule has 92 valence electrons. The zero-order valence-corrected chi connectivity index (χ0v) is 9.29. The highest BCUT2D eigenvalue weighted by Gasteiger charge is 2.16. The van der Waals surface area contributed by atoms with Gasteiger partial charge in [-0.2, -0.15) is 5.10 Å². The van der Waals surface area contributed by atoms with Gasteiger partial charge in [-0.25, -0.2) is 13.9 Å². The minimum atomic E-state index is -1.19. The van der Waals surface area contributed by atoms with E-state index in [4.69, 9.17) is 5.11 Å². The van der Waals surface area contributed by atoms with Crippen LogP contribution in [0.1, 0.15) is 26.4 Å². The number of hydrogen-bond donors (Lipinski definition) is 1. The SMILES string of the molecule is Cc1cn(-c2cncc(F)c2C=O)nc1C(=O)O. The second-order valence-electron chi connectivity index (χ2n) is 3.58. The van der Waals surface area contributed by atoms with E-state index in [0.29, 0.717) is 11.8 Å². The largest absolute Gasteiger partial charge is 0.476 e. The monoisotopic (exact) mass is 249 g/mol. The summed E-state index contributed by atoms with van der Waals surface area (Å²) >= 11 is 0. The Morgan fingerprint density at radius 2 is 2.22 bits per heavy atom. The van der Waals surface area contributed by atoms with E-state index in [-0.39, 0.29) is 16.9 Å². The van der Waals surface area contributed by atoms with Gasteiger partial charge >= 0.3 is 5.97 Å². The van der Waals surface area contributed by atoms with E-state index in [1.54, 1.807) is 6.92 Å². The van der Waals surface area contributed by atoms with Gasteiger partial charge in [-0.15, -0.1) is 0 Å². The number of hydrogen-bond acceptors (Lipinski definition) is 4. The lowest BCUT2D eigenvalue weighted by molar-refractivity contribution is 0.0689. The van der Waals surface area contributed by atoms with Gasteiger partial charge in [-0.1, -0.05) is 0 Å². The molecule has 0 saturated carbocycles. The molecule has 0 fully saturated rings. The normalized spacial score (nSPS) is 10.3. The van der Waals surface area contributed by atoms with Crippen LogP contribution in [0.5, 0.6) is 0 Å². The third kappa shape index (κ3) is 1.86. The Bertz CT molecular complexity index is 636. The summed E-state index contributed by atoms with van der Waals surface area (Å²) < 4.78 is 14.5. The van der Waals surface area contributed by atoms with Crippen LogP contribution in [0.4, 0.5) is 4.39 Å². The van der Waals surface area contributed by atoms with Crippen molar-refractivity contribution in [1.82, 2.24) is 14.8 Å². The van der Waals surface area contributed by atoms with Crippen LogP contribution in [0, 0.1) is 12.7 Å². The average Bonchev–Trinajstić information content (AvgIpc) is 2.71. The Labute approximate surface area is 101 Å². The molecule has 0 saturated heterocycles. The molecule has 0 aliphatic rings. The van der Waals surface area contributed by atoms with Crippen molar-refractivity contribution in [1.29, 1.82) is 0 Å². The minimum Gasteiger partial charge on any atom is -0.476 e. The first-order valence-corrected chi connectivity index (χ1v) is 4.93. The molecule has 0 aromatic carbocycles. The highest BCUT2D eigenvalue weighted by molar-refractivity contribution is 5.87. The van der Waals surface area contributed by atoms with Crippen LogP contribution >= 0.6 is 0 Å². The standard InChI is InChI=1S/C11H8FN3O3/c1-6-4-15(14-10(6)11(17)18)9-3-13-2-8(12)7(9)5-16/h2-5H,1H3,(H,17,18). The quantitative estimate of drug-likeness (QED) is 0.827. The zero-order valence-electron chi connectivity index (χ0n) is 9.29. The number of nitrogens with zero attached hydrogens (tertiary/aromatic N) is 3. The maximum absolute atomic E-state index is 13.4. The fraction of sp³-hybridized carbons (Fsp3) is 0.0909. The van der Waals surface area contributed by atoms with Gasteiger partial charge < -0.3 is 5.11 Å². The second kappa shape index (κ2) is 4.36. The van der Waals surface area contributed by atoms with Crippen molar-refractivity contribution in [2.24, 2.45) is 0 Å². The number of carbonyl (C=O) groups excluding carboxylic acids is 1. The first kappa shape index (κ1) is 11.9. The predicted molar refractivity (Wildman–Crippen MR) is 58.4 cm³/mol. The molecule has 0 spiro atoms. The molecular formula is C11H8FN3O3. The third-order valence-electron chi connectivity index (χ3n) is 2.38. The van der Waals surface area contributed by atoms with Crippen molar-refractivity contribution >= 4 is 12.3 Å². The molecule has 7 heteroatoms. The van der Waals surface area contributed by atoms with E-state index < -0.39 is 11.8 Å². The highest BCUT2D eigenvalue weighted by atomic mass is 19.1. The second-order valence-corrected chi connectivity index (χ2v) is 3.58. The van der Waals surface area contributed by atoms with E-state index in [2.05, 4.69) is 10.1 Å². The lowest BCUT2D eigenvalue weighted by Gasteiger charge is -2.04. The number of pyridine rings is 1. The van der Waals surface area contributed by atoms with Crippen molar-refractivity contribution in [3.05, 3.63) is 41.2 Å². The number of carboxylic acids is 1. The van der Waals surface area contributed by atoms with Crippen molar-refractivity contribution in [3.8, 4) is 5.69 Å². The summed E-state index contributed by atoms with van der Waals surface area (Å²) in [6, 6.07) is 0. The van der Waals surface area contributed by atoms with Gasteiger partial charge in [0.1, 0.15) is 0 Å². The molecule has 1 N–H and O–H groups in total. The van der Waals surface area contributed by atoms with Crippen LogP contribution in [0.2, 0.25) is 0 Å². The fourth-order valence-electron chi connectivity index (χ4n) is 1.53.